The predicted molar refractivity (Wildman–Crippen MR) is 60.2 cm³/mol. The number of aliphatic hydroxyl groups excluding tert-OH is 1. The Bertz CT molecular complexity index is 200. The van der Waals surface area contributed by atoms with Crippen LogP contribution in [0.4, 0.5) is 0 Å². The molecule has 1 heterocycles. The molecule has 14 heavy (non-hydrogen) atoms. The second-order valence-corrected chi connectivity index (χ2v) is 6.41. The number of hydrogen-bond acceptors (Lipinski definition) is 5. The van der Waals surface area contributed by atoms with Crippen LogP contribution in [0.2, 0.25) is 0 Å². The summed E-state index contributed by atoms with van der Waals surface area (Å²) >= 11 is 0. The maximum atomic E-state index is 11.2. The molecule has 0 unspecified atom stereocenters. The van der Waals surface area contributed by atoms with E-state index in [1.165, 1.54) is 0 Å². The molecule has 1 N–H and O–H groups in total. The highest BCUT2D eigenvalue weighted by Crippen LogP contribution is 2.43. The molecule has 0 aromatic heterocycles. The van der Waals surface area contributed by atoms with Crippen molar-refractivity contribution in [2.24, 2.45) is 11.3 Å². The van der Waals surface area contributed by atoms with Crippen molar-refractivity contribution in [3.8, 4) is 0 Å². The number of carbonyl (C=O) groups excluding carboxylic acids is 1. The first-order chi connectivity index (χ1) is 6.59. The van der Waals surface area contributed by atoms with E-state index in [2.05, 4.69) is 0 Å². The Morgan fingerprint density at radius 2 is 2.07 bits per heavy atom. The largest absolute Gasteiger partial charge is 0.465 e. The van der Waals surface area contributed by atoms with Gasteiger partial charge in [-0.3, -0.25) is 4.79 Å². The maximum absolute atomic E-state index is 11.2. The van der Waals surface area contributed by atoms with Gasteiger partial charge in [-0.25, -0.2) is 0 Å². The maximum Gasteiger partial charge on any atom is 0.308 e. The van der Waals surface area contributed by atoms with E-state index >= 15 is 0 Å². The fourth-order valence-electron chi connectivity index (χ4n) is 0.986. The van der Waals surface area contributed by atoms with Crippen molar-refractivity contribution in [2.75, 3.05) is 24.7 Å². The Labute approximate surface area is 92.4 Å². The minimum atomic E-state index is -0.208. The molecule has 1 rings (SSSR count). The fraction of sp³-hybridized carbons (Fsp3) is 0.889. The van der Waals surface area contributed by atoms with Crippen LogP contribution in [0.15, 0.2) is 0 Å². The minimum Gasteiger partial charge on any atom is -0.465 e. The van der Waals surface area contributed by atoms with Gasteiger partial charge in [0.2, 0.25) is 0 Å². The number of ether oxygens (including phenoxy) is 1. The number of aliphatic hydroxyl groups is 1. The number of esters is 1. The van der Waals surface area contributed by atoms with Crippen molar-refractivity contribution < 1.29 is 14.6 Å². The van der Waals surface area contributed by atoms with Crippen LogP contribution in [0.25, 0.3) is 0 Å². The molecule has 1 saturated heterocycles. The normalized spacial score (nSPS) is 20.0. The lowest BCUT2D eigenvalue weighted by molar-refractivity contribution is -0.150. The summed E-state index contributed by atoms with van der Waals surface area (Å²) in [4.78, 5) is 11.2. The van der Waals surface area contributed by atoms with Crippen LogP contribution in [0.5, 0.6) is 0 Å². The topological polar surface area (TPSA) is 46.5 Å². The minimum absolute atomic E-state index is 0.0903. The summed E-state index contributed by atoms with van der Waals surface area (Å²) in [7, 11) is 3.46. The number of carbonyl (C=O) groups is 1. The molecule has 0 aliphatic carbocycles. The third-order valence-corrected chi connectivity index (χ3v) is 4.98. The predicted octanol–water partition coefficient (Wildman–Crippen LogP) is 1.56. The lowest BCUT2D eigenvalue weighted by atomic mass is 9.95. The summed E-state index contributed by atoms with van der Waals surface area (Å²) < 4.78 is 5.16. The van der Waals surface area contributed by atoms with Gasteiger partial charge in [-0.05, 0) is 0 Å². The third kappa shape index (κ3) is 3.07. The Morgan fingerprint density at radius 3 is 2.50 bits per heavy atom. The molecule has 0 amide bonds. The van der Waals surface area contributed by atoms with Gasteiger partial charge in [0.05, 0.1) is 12.5 Å². The van der Waals surface area contributed by atoms with Gasteiger partial charge in [0, 0.05) is 16.9 Å². The van der Waals surface area contributed by atoms with E-state index in [9.17, 15) is 9.90 Å². The molecule has 0 atom stereocenters. The van der Waals surface area contributed by atoms with E-state index < -0.39 is 0 Å². The molecule has 1 aliphatic heterocycles. The summed E-state index contributed by atoms with van der Waals surface area (Å²) in [6, 6.07) is 0. The summed E-state index contributed by atoms with van der Waals surface area (Å²) in [5.41, 5.74) is -0.208. The molecular formula is C9H16O3S2. The van der Waals surface area contributed by atoms with E-state index in [1.807, 2.05) is 13.8 Å². The third-order valence-electron chi connectivity index (χ3n) is 2.14. The Hall–Kier alpha value is 0.130. The van der Waals surface area contributed by atoms with Gasteiger partial charge in [-0.15, -0.1) is 0 Å². The lowest BCUT2D eigenvalue weighted by Crippen LogP contribution is -2.35. The zero-order valence-electron chi connectivity index (χ0n) is 8.49. The Balaban J connectivity index is 2.38. The van der Waals surface area contributed by atoms with Gasteiger partial charge in [-0.1, -0.05) is 35.4 Å². The molecule has 0 radical (unpaired) electrons. The standard InChI is InChI=1S/C9H16O3S2/c1-7(2)8(11)12-4-9(3-10)5-13-14-6-9/h7,10H,3-6H2,1-2H3. The fourth-order valence-corrected chi connectivity index (χ4v) is 4.34. The summed E-state index contributed by atoms with van der Waals surface area (Å²) in [5.74, 6) is 1.45. The van der Waals surface area contributed by atoms with Gasteiger partial charge in [0.15, 0.2) is 0 Å². The zero-order valence-corrected chi connectivity index (χ0v) is 10.1. The number of rotatable bonds is 4. The van der Waals surface area contributed by atoms with Crippen LogP contribution >= 0.6 is 21.6 Å². The molecule has 82 valence electrons. The van der Waals surface area contributed by atoms with Crippen molar-refractivity contribution >= 4 is 27.6 Å². The Morgan fingerprint density at radius 1 is 1.50 bits per heavy atom. The zero-order chi connectivity index (χ0) is 10.6. The molecule has 5 heteroatoms. The molecule has 0 aromatic carbocycles. The highest BCUT2D eigenvalue weighted by Gasteiger charge is 2.36. The monoisotopic (exact) mass is 236 g/mol. The van der Waals surface area contributed by atoms with E-state index in [-0.39, 0.29) is 23.9 Å². The molecule has 3 nitrogen and oxygen atoms in total. The molecule has 0 aromatic rings. The molecule has 1 fully saturated rings. The van der Waals surface area contributed by atoms with Gasteiger partial charge in [0.25, 0.3) is 0 Å². The summed E-state index contributed by atoms with van der Waals surface area (Å²) in [5, 5.41) is 9.25. The van der Waals surface area contributed by atoms with Crippen LogP contribution < -0.4 is 0 Å². The highest BCUT2D eigenvalue weighted by atomic mass is 33.1. The van der Waals surface area contributed by atoms with E-state index in [0.717, 1.165) is 11.5 Å². The van der Waals surface area contributed by atoms with Crippen LogP contribution in [0.1, 0.15) is 13.8 Å². The van der Waals surface area contributed by atoms with E-state index in [1.54, 1.807) is 21.6 Å². The van der Waals surface area contributed by atoms with Gasteiger partial charge < -0.3 is 9.84 Å². The van der Waals surface area contributed by atoms with Crippen molar-refractivity contribution in [2.45, 2.75) is 13.8 Å². The first-order valence-electron chi connectivity index (χ1n) is 4.61. The van der Waals surface area contributed by atoms with Gasteiger partial charge in [0.1, 0.15) is 6.61 Å². The van der Waals surface area contributed by atoms with Crippen LogP contribution in [0.3, 0.4) is 0 Å². The van der Waals surface area contributed by atoms with Gasteiger partial charge >= 0.3 is 5.97 Å². The van der Waals surface area contributed by atoms with Crippen molar-refractivity contribution in [1.82, 2.24) is 0 Å². The molecule has 0 spiro atoms. The van der Waals surface area contributed by atoms with E-state index in [0.29, 0.717) is 6.61 Å². The molecule has 0 saturated carbocycles. The van der Waals surface area contributed by atoms with Gasteiger partial charge in [-0.2, -0.15) is 0 Å². The average molecular weight is 236 g/mol. The quantitative estimate of drug-likeness (QED) is 0.593. The smallest absolute Gasteiger partial charge is 0.308 e. The summed E-state index contributed by atoms with van der Waals surface area (Å²) in [6.07, 6.45) is 0. The molecule has 1 aliphatic rings. The molecular weight excluding hydrogens is 220 g/mol. The van der Waals surface area contributed by atoms with Crippen molar-refractivity contribution in [3.05, 3.63) is 0 Å². The van der Waals surface area contributed by atoms with Crippen molar-refractivity contribution in [1.29, 1.82) is 0 Å². The second kappa shape index (κ2) is 5.28. The van der Waals surface area contributed by atoms with Crippen LogP contribution in [0, 0.1) is 11.3 Å². The Kier molecular flexibility index (Phi) is 4.60. The SMILES string of the molecule is CC(C)C(=O)OCC1(CO)CSSC1. The van der Waals surface area contributed by atoms with Crippen LogP contribution in [-0.4, -0.2) is 35.8 Å². The first kappa shape index (κ1) is 12.2. The van der Waals surface area contributed by atoms with Crippen LogP contribution in [-0.2, 0) is 9.53 Å². The average Bonchev–Trinajstić information content (AvgIpc) is 2.63. The van der Waals surface area contributed by atoms with Crippen molar-refractivity contribution in [3.63, 3.8) is 0 Å². The summed E-state index contributed by atoms with van der Waals surface area (Å²) in [6.45, 7) is 4.07. The highest BCUT2D eigenvalue weighted by molar-refractivity contribution is 8.77. The molecule has 0 bridgehead atoms. The lowest BCUT2D eigenvalue weighted by Gasteiger charge is -2.24. The first-order valence-corrected chi connectivity index (χ1v) is 7.10. The van der Waals surface area contributed by atoms with E-state index in [4.69, 9.17) is 4.74 Å². The number of hydrogen-bond donors (Lipinski definition) is 1. The second-order valence-electron chi connectivity index (χ2n) is 3.94.